The minimum Gasteiger partial charge on any atom is -0.369 e. The Morgan fingerprint density at radius 3 is 2.81 bits per heavy atom. The molecule has 1 aromatic rings. The molecule has 0 amide bonds. The van der Waals surface area contributed by atoms with E-state index >= 15 is 0 Å². The zero-order chi connectivity index (χ0) is 14.5. The van der Waals surface area contributed by atoms with E-state index in [4.69, 9.17) is 0 Å². The van der Waals surface area contributed by atoms with Crippen LogP contribution >= 0.6 is 0 Å². The lowest BCUT2D eigenvalue weighted by atomic mass is 9.78. The average molecular weight is 288 g/mol. The maximum absolute atomic E-state index is 4.60. The Kier molecular flexibility index (Phi) is 5.07. The van der Waals surface area contributed by atoms with E-state index in [0.29, 0.717) is 0 Å². The van der Waals surface area contributed by atoms with Gasteiger partial charge in [0, 0.05) is 19.1 Å². The fourth-order valence-corrected chi connectivity index (χ4v) is 3.91. The average Bonchev–Trinajstić information content (AvgIpc) is 2.55. The van der Waals surface area contributed by atoms with Gasteiger partial charge in [-0.3, -0.25) is 9.88 Å². The molecule has 3 rings (SSSR count). The van der Waals surface area contributed by atoms with Crippen molar-refractivity contribution in [2.24, 2.45) is 5.92 Å². The highest BCUT2D eigenvalue weighted by Crippen LogP contribution is 2.35. The lowest BCUT2D eigenvalue weighted by Gasteiger charge is -2.44. The van der Waals surface area contributed by atoms with Crippen LogP contribution in [0, 0.1) is 5.92 Å². The molecule has 1 saturated carbocycles. The van der Waals surface area contributed by atoms with Gasteiger partial charge in [-0.25, -0.2) is 4.98 Å². The van der Waals surface area contributed by atoms with Crippen molar-refractivity contribution in [3.8, 4) is 0 Å². The number of fused-ring (bicyclic) bond motifs is 1. The van der Waals surface area contributed by atoms with E-state index in [1.807, 2.05) is 12.4 Å². The van der Waals surface area contributed by atoms with Crippen LogP contribution < -0.4 is 5.32 Å². The summed E-state index contributed by atoms with van der Waals surface area (Å²) in [4.78, 5) is 11.7. The van der Waals surface area contributed by atoms with Gasteiger partial charge in [0.15, 0.2) is 0 Å². The molecule has 0 bridgehead atoms. The van der Waals surface area contributed by atoms with Crippen molar-refractivity contribution in [1.29, 1.82) is 0 Å². The predicted octanol–water partition coefficient (Wildman–Crippen LogP) is 3.45. The lowest BCUT2D eigenvalue weighted by Crippen LogP contribution is -2.46. The van der Waals surface area contributed by atoms with Crippen molar-refractivity contribution in [2.45, 2.75) is 64.5 Å². The molecule has 1 aliphatic heterocycles. The maximum atomic E-state index is 4.60. The van der Waals surface area contributed by atoms with Crippen molar-refractivity contribution < 1.29 is 0 Å². The van der Waals surface area contributed by atoms with Gasteiger partial charge in [0.25, 0.3) is 0 Å². The van der Waals surface area contributed by atoms with E-state index in [1.54, 1.807) is 0 Å². The number of aromatic nitrogens is 2. The lowest BCUT2D eigenvalue weighted by molar-refractivity contribution is 0.0536. The second kappa shape index (κ2) is 7.21. The predicted molar refractivity (Wildman–Crippen MR) is 86.2 cm³/mol. The van der Waals surface area contributed by atoms with Crippen LogP contribution in [0.4, 0.5) is 5.82 Å². The van der Waals surface area contributed by atoms with Crippen LogP contribution in [0.5, 0.6) is 0 Å². The first kappa shape index (κ1) is 14.8. The Morgan fingerprint density at radius 2 is 2.00 bits per heavy atom. The van der Waals surface area contributed by atoms with Crippen LogP contribution in [0.2, 0.25) is 0 Å². The molecule has 0 spiro atoms. The first-order valence-electron chi connectivity index (χ1n) is 8.65. The molecule has 2 aliphatic rings. The zero-order valence-electron chi connectivity index (χ0n) is 13.2. The van der Waals surface area contributed by atoms with Gasteiger partial charge in [-0.05, 0) is 44.6 Å². The zero-order valence-corrected chi connectivity index (χ0v) is 13.2. The number of anilines is 1. The Balaban J connectivity index is 1.59. The van der Waals surface area contributed by atoms with Crippen LogP contribution in [0.3, 0.4) is 0 Å². The second-order valence-corrected chi connectivity index (χ2v) is 6.54. The smallest absolute Gasteiger partial charge is 0.144 e. The van der Waals surface area contributed by atoms with Crippen molar-refractivity contribution in [3.63, 3.8) is 0 Å². The van der Waals surface area contributed by atoms with Crippen LogP contribution in [-0.2, 0) is 6.54 Å². The van der Waals surface area contributed by atoms with Gasteiger partial charge in [-0.2, -0.15) is 0 Å². The molecule has 0 radical (unpaired) electrons. The van der Waals surface area contributed by atoms with Gasteiger partial charge >= 0.3 is 0 Å². The van der Waals surface area contributed by atoms with E-state index in [2.05, 4.69) is 27.1 Å². The molecule has 116 valence electrons. The Bertz CT molecular complexity index is 429. The molecule has 1 aromatic heterocycles. The van der Waals surface area contributed by atoms with Crippen molar-refractivity contribution >= 4 is 5.82 Å². The Morgan fingerprint density at radius 1 is 1.14 bits per heavy atom. The number of nitrogens with zero attached hydrogens (tertiary/aromatic N) is 3. The summed E-state index contributed by atoms with van der Waals surface area (Å²) < 4.78 is 0. The quantitative estimate of drug-likeness (QED) is 0.901. The van der Waals surface area contributed by atoms with Gasteiger partial charge < -0.3 is 5.32 Å². The number of hydrogen-bond donors (Lipinski definition) is 1. The minimum atomic E-state index is 0.798. The highest BCUT2D eigenvalue weighted by molar-refractivity contribution is 5.30. The molecule has 2 fully saturated rings. The van der Waals surface area contributed by atoms with E-state index in [9.17, 15) is 0 Å². The third-order valence-corrected chi connectivity index (χ3v) is 4.98. The summed E-state index contributed by atoms with van der Waals surface area (Å²) >= 11 is 0. The summed E-state index contributed by atoms with van der Waals surface area (Å²) in [6.45, 7) is 5.33. The molecular formula is C17H28N4. The summed E-state index contributed by atoms with van der Waals surface area (Å²) in [5, 5.41) is 3.28. The largest absolute Gasteiger partial charge is 0.369 e. The number of hydrogen-bond acceptors (Lipinski definition) is 4. The molecule has 4 nitrogen and oxygen atoms in total. The minimum absolute atomic E-state index is 0.798. The monoisotopic (exact) mass is 288 g/mol. The first-order chi connectivity index (χ1) is 10.4. The molecule has 4 heteroatoms. The number of nitrogens with one attached hydrogen (secondary N) is 1. The SMILES string of the molecule is CCCNc1cnc(CN2CCCC3CCCCC32)cn1. The van der Waals surface area contributed by atoms with Gasteiger partial charge in [-0.15, -0.1) is 0 Å². The first-order valence-corrected chi connectivity index (χ1v) is 8.65. The normalized spacial score (nSPS) is 26.3. The molecule has 21 heavy (non-hydrogen) atoms. The molecule has 2 heterocycles. The molecular weight excluding hydrogens is 260 g/mol. The molecule has 1 saturated heterocycles. The summed E-state index contributed by atoms with van der Waals surface area (Å²) in [6.07, 6.45) is 13.4. The third kappa shape index (κ3) is 3.73. The summed E-state index contributed by atoms with van der Waals surface area (Å²) in [5.74, 6) is 1.83. The van der Waals surface area contributed by atoms with Gasteiger partial charge in [-0.1, -0.05) is 19.8 Å². The van der Waals surface area contributed by atoms with Crippen LogP contribution in [-0.4, -0.2) is 34.0 Å². The van der Waals surface area contributed by atoms with E-state index in [0.717, 1.165) is 43.0 Å². The Labute approximate surface area is 128 Å². The summed E-state index contributed by atoms with van der Waals surface area (Å²) in [5.41, 5.74) is 1.11. The molecule has 0 aromatic carbocycles. The highest BCUT2D eigenvalue weighted by Gasteiger charge is 2.33. The molecule has 1 N–H and O–H groups in total. The standard InChI is InChI=1S/C17H28N4/c1-2-9-18-17-12-19-15(11-20-17)13-21-10-5-7-14-6-3-4-8-16(14)21/h11-12,14,16H,2-10,13H2,1H3,(H,18,20). The topological polar surface area (TPSA) is 41.1 Å². The van der Waals surface area contributed by atoms with Crippen LogP contribution in [0.15, 0.2) is 12.4 Å². The maximum Gasteiger partial charge on any atom is 0.144 e. The van der Waals surface area contributed by atoms with Crippen LogP contribution in [0.1, 0.15) is 57.6 Å². The fourth-order valence-electron chi connectivity index (χ4n) is 3.91. The van der Waals surface area contributed by atoms with Gasteiger partial charge in [0.1, 0.15) is 5.82 Å². The Hall–Kier alpha value is -1.16. The van der Waals surface area contributed by atoms with Crippen molar-refractivity contribution in [2.75, 3.05) is 18.4 Å². The second-order valence-electron chi connectivity index (χ2n) is 6.54. The molecule has 2 unspecified atom stereocenters. The summed E-state index contributed by atoms with van der Waals surface area (Å²) in [6, 6.07) is 0.798. The molecule has 2 atom stereocenters. The van der Waals surface area contributed by atoms with Gasteiger partial charge in [0.05, 0.1) is 18.1 Å². The van der Waals surface area contributed by atoms with Gasteiger partial charge in [0.2, 0.25) is 0 Å². The highest BCUT2D eigenvalue weighted by atomic mass is 15.2. The van der Waals surface area contributed by atoms with Crippen LogP contribution in [0.25, 0.3) is 0 Å². The van der Waals surface area contributed by atoms with Crippen molar-refractivity contribution in [1.82, 2.24) is 14.9 Å². The van der Waals surface area contributed by atoms with E-state index in [-0.39, 0.29) is 0 Å². The third-order valence-electron chi connectivity index (χ3n) is 4.98. The summed E-state index contributed by atoms with van der Waals surface area (Å²) in [7, 11) is 0. The number of piperidine rings is 1. The van der Waals surface area contributed by atoms with E-state index in [1.165, 1.54) is 45.1 Å². The van der Waals surface area contributed by atoms with Crippen molar-refractivity contribution in [3.05, 3.63) is 18.1 Å². The number of likely N-dealkylation sites (tertiary alicyclic amines) is 1. The number of rotatable bonds is 5. The molecule has 1 aliphatic carbocycles. The fraction of sp³-hybridized carbons (Fsp3) is 0.765. The van der Waals surface area contributed by atoms with E-state index < -0.39 is 0 Å².